The van der Waals surface area contributed by atoms with Crippen LogP contribution in [-0.2, 0) is 16.4 Å². The van der Waals surface area contributed by atoms with E-state index >= 15 is 0 Å². The molecule has 36 heavy (non-hydrogen) atoms. The van der Waals surface area contributed by atoms with E-state index in [2.05, 4.69) is 22.2 Å². The lowest BCUT2D eigenvalue weighted by atomic mass is 10.1. The Bertz CT molecular complexity index is 1410. The Morgan fingerprint density at radius 1 is 0.778 bits per heavy atom. The molecule has 184 valence electrons. The zero-order valence-corrected chi connectivity index (χ0v) is 21.0. The Hall–Kier alpha value is -4.10. The van der Waals surface area contributed by atoms with Crippen molar-refractivity contribution in [3.63, 3.8) is 0 Å². The summed E-state index contributed by atoms with van der Waals surface area (Å²) in [5.74, 6) is 0.392. The highest BCUT2D eigenvalue weighted by molar-refractivity contribution is 7.92. The van der Waals surface area contributed by atoms with Crippen LogP contribution < -0.4 is 14.8 Å². The summed E-state index contributed by atoms with van der Waals surface area (Å²) in [6, 6.07) is 28.7. The molecule has 0 saturated carbocycles. The van der Waals surface area contributed by atoms with E-state index in [4.69, 9.17) is 4.74 Å². The topological polar surface area (TPSA) is 84.5 Å². The van der Waals surface area contributed by atoms with E-state index in [1.807, 2.05) is 50.2 Å². The number of hydrogen-bond acceptors (Lipinski definition) is 4. The summed E-state index contributed by atoms with van der Waals surface area (Å²) in [6.45, 7) is 4.25. The average Bonchev–Trinajstić information content (AvgIpc) is 2.88. The summed E-state index contributed by atoms with van der Waals surface area (Å²) in [5.41, 5.74) is 4.42. The highest BCUT2D eigenvalue weighted by Gasteiger charge is 2.17. The smallest absolute Gasteiger partial charge is 0.261 e. The number of nitrogens with one attached hydrogen (secondary N) is 2. The molecule has 0 unspecified atom stereocenters. The summed E-state index contributed by atoms with van der Waals surface area (Å²) in [7, 11) is -3.76. The molecular formula is C29H28N2O4S. The standard InChI is InChI=1S/C29H28N2O4S/c1-21-7-6-8-22(2)28(21)31-36(33,34)27-17-13-25(14-18-27)30-29(32)24-11-15-26(16-12-24)35-20-19-23-9-4-3-5-10-23/h3-18,31H,19-20H2,1-2H3,(H,30,32). The van der Waals surface area contributed by atoms with E-state index in [0.717, 1.165) is 17.5 Å². The van der Waals surface area contributed by atoms with Gasteiger partial charge >= 0.3 is 0 Å². The summed E-state index contributed by atoms with van der Waals surface area (Å²) in [4.78, 5) is 12.8. The zero-order chi connectivity index (χ0) is 25.5. The zero-order valence-electron chi connectivity index (χ0n) is 20.2. The van der Waals surface area contributed by atoms with Crippen LogP contribution >= 0.6 is 0 Å². The van der Waals surface area contributed by atoms with Gasteiger partial charge in [-0.15, -0.1) is 0 Å². The molecule has 0 bridgehead atoms. The van der Waals surface area contributed by atoms with Crippen LogP contribution in [-0.4, -0.2) is 20.9 Å². The van der Waals surface area contributed by atoms with Gasteiger partial charge < -0.3 is 10.1 Å². The van der Waals surface area contributed by atoms with E-state index < -0.39 is 10.0 Å². The van der Waals surface area contributed by atoms with Crippen LogP contribution in [0.2, 0.25) is 0 Å². The van der Waals surface area contributed by atoms with E-state index in [0.29, 0.717) is 29.3 Å². The van der Waals surface area contributed by atoms with Gasteiger partial charge in [0.15, 0.2) is 0 Å². The molecule has 0 radical (unpaired) electrons. The SMILES string of the molecule is Cc1cccc(C)c1NS(=O)(=O)c1ccc(NC(=O)c2ccc(OCCc3ccccc3)cc2)cc1. The molecule has 7 heteroatoms. The van der Waals surface area contributed by atoms with Crippen molar-refractivity contribution in [3.05, 3.63) is 119 Å². The van der Waals surface area contributed by atoms with Gasteiger partial charge in [0.2, 0.25) is 0 Å². The normalized spacial score (nSPS) is 11.1. The third-order valence-corrected chi connectivity index (χ3v) is 7.12. The lowest BCUT2D eigenvalue weighted by Gasteiger charge is -2.13. The monoisotopic (exact) mass is 500 g/mol. The third kappa shape index (κ3) is 6.31. The number of sulfonamides is 1. The number of para-hydroxylation sites is 1. The van der Waals surface area contributed by atoms with Gasteiger partial charge in [-0.2, -0.15) is 0 Å². The Balaban J connectivity index is 1.34. The summed E-state index contributed by atoms with van der Waals surface area (Å²) < 4.78 is 34.1. The van der Waals surface area contributed by atoms with Crippen molar-refractivity contribution in [1.29, 1.82) is 0 Å². The average molecular weight is 501 g/mol. The lowest BCUT2D eigenvalue weighted by molar-refractivity contribution is 0.102. The first-order chi connectivity index (χ1) is 17.3. The molecule has 0 fully saturated rings. The Morgan fingerprint density at radius 2 is 1.42 bits per heavy atom. The van der Waals surface area contributed by atoms with Crippen LogP contribution in [0.3, 0.4) is 0 Å². The number of aryl methyl sites for hydroxylation is 2. The molecule has 0 aliphatic heterocycles. The molecule has 4 rings (SSSR count). The molecule has 0 aliphatic rings. The maximum Gasteiger partial charge on any atom is 0.261 e. The van der Waals surface area contributed by atoms with Crippen LogP contribution in [0.1, 0.15) is 27.0 Å². The van der Waals surface area contributed by atoms with Gasteiger partial charge in [0.05, 0.1) is 17.2 Å². The number of hydrogen-bond donors (Lipinski definition) is 2. The minimum Gasteiger partial charge on any atom is -0.493 e. The second kappa shape index (κ2) is 11.1. The van der Waals surface area contributed by atoms with Gasteiger partial charge in [0, 0.05) is 17.7 Å². The molecular weight excluding hydrogens is 472 g/mol. The van der Waals surface area contributed by atoms with Crippen molar-refractivity contribution >= 4 is 27.3 Å². The van der Waals surface area contributed by atoms with E-state index in [1.54, 1.807) is 36.4 Å². The van der Waals surface area contributed by atoms with Crippen LogP contribution in [0, 0.1) is 13.8 Å². The van der Waals surface area contributed by atoms with Crippen LogP contribution in [0.15, 0.2) is 102 Å². The summed E-state index contributed by atoms with van der Waals surface area (Å²) in [6.07, 6.45) is 0.800. The molecule has 0 saturated heterocycles. The molecule has 2 N–H and O–H groups in total. The number of rotatable bonds is 9. The maximum absolute atomic E-state index is 12.8. The molecule has 6 nitrogen and oxygen atoms in total. The van der Waals surface area contributed by atoms with E-state index in [-0.39, 0.29) is 10.8 Å². The minimum atomic E-state index is -3.76. The second-order valence-corrected chi connectivity index (χ2v) is 10.1. The number of amides is 1. The molecule has 0 spiro atoms. The van der Waals surface area contributed by atoms with Crippen molar-refractivity contribution in [2.45, 2.75) is 25.2 Å². The van der Waals surface area contributed by atoms with Crippen molar-refractivity contribution in [1.82, 2.24) is 0 Å². The molecule has 0 atom stereocenters. The van der Waals surface area contributed by atoms with Crippen LogP contribution in [0.5, 0.6) is 5.75 Å². The van der Waals surface area contributed by atoms with Gasteiger partial charge in [-0.25, -0.2) is 8.42 Å². The fourth-order valence-electron chi connectivity index (χ4n) is 3.72. The van der Waals surface area contributed by atoms with Crippen molar-refractivity contribution < 1.29 is 17.9 Å². The van der Waals surface area contributed by atoms with Crippen molar-refractivity contribution in [3.8, 4) is 5.75 Å². The Labute approximate surface area is 212 Å². The first-order valence-electron chi connectivity index (χ1n) is 11.6. The fourth-order valence-corrected chi connectivity index (χ4v) is 4.93. The first kappa shape index (κ1) is 25.0. The molecule has 0 aliphatic carbocycles. The summed E-state index contributed by atoms with van der Waals surface area (Å²) in [5, 5.41) is 2.79. The molecule has 4 aromatic carbocycles. The predicted octanol–water partition coefficient (Wildman–Crippen LogP) is 5.98. The number of ether oxygens (including phenoxy) is 1. The Kier molecular flexibility index (Phi) is 7.71. The molecule has 0 heterocycles. The fraction of sp³-hybridized carbons (Fsp3) is 0.138. The van der Waals surface area contributed by atoms with E-state index in [9.17, 15) is 13.2 Å². The first-order valence-corrected chi connectivity index (χ1v) is 13.1. The van der Waals surface area contributed by atoms with Crippen LogP contribution in [0.25, 0.3) is 0 Å². The minimum absolute atomic E-state index is 0.111. The quantitative estimate of drug-likeness (QED) is 0.296. The molecule has 0 aromatic heterocycles. The van der Waals surface area contributed by atoms with Crippen LogP contribution in [0.4, 0.5) is 11.4 Å². The predicted molar refractivity (Wildman–Crippen MR) is 143 cm³/mol. The summed E-state index contributed by atoms with van der Waals surface area (Å²) >= 11 is 0. The lowest BCUT2D eigenvalue weighted by Crippen LogP contribution is -2.15. The van der Waals surface area contributed by atoms with Gasteiger partial charge in [-0.05, 0) is 79.1 Å². The molecule has 4 aromatic rings. The van der Waals surface area contributed by atoms with Gasteiger partial charge in [-0.3, -0.25) is 9.52 Å². The maximum atomic E-state index is 12.8. The van der Waals surface area contributed by atoms with Gasteiger partial charge in [-0.1, -0.05) is 48.5 Å². The highest BCUT2D eigenvalue weighted by atomic mass is 32.2. The largest absolute Gasteiger partial charge is 0.493 e. The number of carbonyl (C=O) groups is 1. The van der Waals surface area contributed by atoms with Gasteiger partial charge in [0.1, 0.15) is 5.75 Å². The molecule has 1 amide bonds. The Morgan fingerprint density at radius 3 is 2.06 bits per heavy atom. The van der Waals surface area contributed by atoms with Crippen molar-refractivity contribution in [2.75, 3.05) is 16.6 Å². The number of carbonyl (C=O) groups excluding carboxylic acids is 1. The van der Waals surface area contributed by atoms with Crippen molar-refractivity contribution in [2.24, 2.45) is 0 Å². The number of anilines is 2. The second-order valence-electron chi connectivity index (χ2n) is 8.46. The van der Waals surface area contributed by atoms with E-state index in [1.165, 1.54) is 17.7 Å². The highest BCUT2D eigenvalue weighted by Crippen LogP contribution is 2.24. The van der Waals surface area contributed by atoms with Gasteiger partial charge in [0.25, 0.3) is 15.9 Å². The third-order valence-electron chi connectivity index (χ3n) is 5.76. The number of benzene rings is 4.